The number of methoxy groups -OCH3 is 1. The monoisotopic (exact) mass is 577 g/mol. The van der Waals surface area contributed by atoms with Crippen LogP contribution in [0.2, 0.25) is 0 Å². The van der Waals surface area contributed by atoms with E-state index in [-0.39, 0.29) is 22.3 Å². The fraction of sp³-hybridized carbons (Fsp3) is 0.172. The maximum Gasteiger partial charge on any atom is 0.301 e. The maximum atomic E-state index is 13.4. The van der Waals surface area contributed by atoms with Gasteiger partial charge in [-0.2, -0.15) is 0 Å². The van der Waals surface area contributed by atoms with Crippen LogP contribution in [0.15, 0.2) is 82.7 Å². The third-order valence-corrected chi connectivity index (χ3v) is 8.30. The number of aromatic nitrogens is 2. The molecule has 4 aromatic rings. The Morgan fingerprint density at radius 2 is 1.80 bits per heavy atom. The smallest absolute Gasteiger partial charge is 0.301 e. The van der Waals surface area contributed by atoms with Crippen molar-refractivity contribution in [3.8, 4) is 11.5 Å². The van der Waals surface area contributed by atoms with Gasteiger partial charge in [0.15, 0.2) is 4.34 Å². The van der Waals surface area contributed by atoms with E-state index >= 15 is 0 Å². The Bertz CT molecular complexity index is 1570. The zero-order chi connectivity index (χ0) is 28.2. The zero-order valence-corrected chi connectivity index (χ0v) is 23.2. The topological polar surface area (TPSA) is 102 Å². The molecule has 8 nitrogen and oxygen atoms in total. The molecule has 3 aromatic carbocycles. The summed E-state index contributed by atoms with van der Waals surface area (Å²) >= 11 is 2.53. The molecule has 1 saturated heterocycles. The Kier molecular flexibility index (Phi) is 8.13. The largest absolute Gasteiger partial charge is 0.507 e. The number of ketones is 1. The average Bonchev–Trinajstić information content (AvgIpc) is 3.54. The third kappa shape index (κ3) is 5.56. The van der Waals surface area contributed by atoms with Crippen molar-refractivity contribution < 1.29 is 28.6 Å². The molecule has 1 amide bonds. The summed E-state index contributed by atoms with van der Waals surface area (Å²) in [5.74, 6) is -0.634. The standard InChI is InChI=1S/C29H24FN3O5S2/c1-3-38-22-6-4-5-19(15-22)24-23(25(34)18-9-13-21(37-2)14-10-18)26(35)27(36)33(24)28-31-32-29(40-28)39-16-17-7-11-20(30)12-8-17/h4-15,24,34H,3,16H2,1-2H3/b25-23+. The third-order valence-electron chi connectivity index (χ3n) is 6.17. The van der Waals surface area contributed by atoms with Crippen molar-refractivity contribution in [1.29, 1.82) is 0 Å². The number of rotatable bonds is 9. The second-order valence-electron chi connectivity index (χ2n) is 8.67. The Balaban J connectivity index is 1.54. The molecule has 204 valence electrons. The average molecular weight is 578 g/mol. The summed E-state index contributed by atoms with van der Waals surface area (Å²) in [5.41, 5.74) is 1.75. The number of hydrogen-bond acceptors (Lipinski definition) is 9. The number of benzene rings is 3. The molecule has 1 unspecified atom stereocenters. The molecule has 1 aromatic heterocycles. The molecule has 0 radical (unpaired) electrons. The first kappa shape index (κ1) is 27.4. The first-order chi connectivity index (χ1) is 19.4. The Morgan fingerprint density at radius 1 is 1.05 bits per heavy atom. The predicted octanol–water partition coefficient (Wildman–Crippen LogP) is 6.00. The van der Waals surface area contributed by atoms with Crippen LogP contribution in [0.25, 0.3) is 5.76 Å². The lowest BCUT2D eigenvalue weighted by Crippen LogP contribution is -2.29. The highest BCUT2D eigenvalue weighted by atomic mass is 32.2. The summed E-state index contributed by atoms with van der Waals surface area (Å²) in [6.07, 6.45) is 0. The van der Waals surface area contributed by atoms with E-state index in [9.17, 15) is 19.1 Å². The van der Waals surface area contributed by atoms with Crippen LogP contribution in [0, 0.1) is 5.82 Å². The van der Waals surface area contributed by atoms with Gasteiger partial charge in [0.2, 0.25) is 5.13 Å². The number of anilines is 1. The summed E-state index contributed by atoms with van der Waals surface area (Å²) in [5, 5.41) is 20.0. The van der Waals surface area contributed by atoms with Gasteiger partial charge in [-0.05, 0) is 66.6 Å². The van der Waals surface area contributed by atoms with E-state index in [2.05, 4.69) is 10.2 Å². The second-order valence-corrected chi connectivity index (χ2v) is 10.8. The van der Waals surface area contributed by atoms with Gasteiger partial charge in [0.05, 0.1) is 25.3 Å². The zero-order valence-electron chi connectivity index (χ0n) is 21.5. The number of aliphatic hydroxyl groups is 1. The summed E-state index contributed by atoms with van der Waals surface area (Å²) in [6.45, 7) is 2.29. The first-order valence-electron chi connectivity index (χ1n) is 12.3. The van der Waals surface area contributed by atoms with Gasteiger partial charge < -0.3 is 14.6 Å². The molecule has 1 aliphatic rings. The van der Waals surface area contributed by atoms with Gasteiger partial charge in [0.1, 0.15) is 23.1 Å². The van der Waals surface area contributed by atoms with E-state index in [1.165, 1.54) is 35.9 Å². The van der Waals surface area contributed by atoms with E-state index < -0.39 is 17.7 Å². The van der Waals surface area contributed by atoms with Crippen molar-refractivity contribution in [2.75, 3.05) is 18.6 Å². The van der Waals surface area contributed by atoms with Gasteiger partial charge in [-0.15, -0.1) is 10.2 Å². The molecule has 0 saturated carbocycles. The van der Waals surface area contributed by atoms with Gasteiger partial charge in [-0.25, -0.2) is 4.39 Å². The minimum absolute atomic E-state index is 0.0699. The molecule has 1 fully saturated rings. The number of carbonyl (C=O) groups is 2. The summed E-state index contributed by atoms with van der Waals surface area (Å²) in [7, 11) is 1.53. The van der Waals surface area contributed by atoms with E-state index in [1.54, 1.807) is 60.7 Å². The number of ether oxygens (including phenoxy) is 2. The minimum Gasteiger partial charge on any atom is -0.507 e. The SMILES string of the molecule is CCOc1cccc(C2/C(=C(\O)c3ccc(OC)cc3)C(=O)C(=O)N2c2nnc(SCc3ccc(F)cc3)s2)c1. The minimum atomic E-state index is -0.967. The van der Waals surface area contributed by atoms with E-state index in [4.69, 9.17) is 9.47 Å². The number of carbonyl (C=O) groups excluding carboxylic acids is 2. The highest BCUT2D eigenvalue weighted by Gasteiger charge is 2.48. The second kappa shape index (κ2) is 11.9. The van der Waals surface area contributed by atoms with Crippen LogP contribution in [-0.4, -0.2) is 40.7 Å². The van der Waals surface area contributed by atoms with Crippen molar-refractivity contribution in [2.24, 2.45) is 0 Å². The van der Waals surface area contributed by atoms with Gasteiger partial charge in [-0.1, -0.05) is 47.4 Å². The Hall–Kier alpha value is -4.22. The molecule has 1 atom stereocenters. The Morgan fingerprint density at radius 3 is 2.50 bits per heavy atom. The maximum absolute atomic E-state index is 13.4. The van der Waals surface area contributed by atoms with Crippen LogP contribution < -0.4 is 14.4 Å². The quantitative estimate of drug-likeness (QED) is 0.0850. The van der Waals surface area contributed by atoms with Gasteiger partial charge in [0.25, 0.3) is 5.78 Å². The van der Waals surface area contributed by atoms with Crippen LogP contribution in [0.3, 0.4) is 0 Å². The van der Waals surface area contributed by atoms with Crippen molar-refractivity contribution >= 4 is 45.7 Å². The molecular formula is C29H24FN3O5S2. The number of halogens is 1. The molecule has 40 heavy (non-hydrogen) atoms. The van der Waals surface area contributed by atoms with Crippen molar-refractivity contribution in [3.63, 3.8) is 0 Å². The van der Waals surface area contributed by atoms with Gasteiger partial charge >= 0.3 is 5.91 Å². The van der Waals surface area contributed by atoms with Crippen molar-refractivity contribution in [1.82, 2.24) is 10.2 Å². The van der Waals surface area contributed by atoms with Crippen LogP contribution in [0.5, 0.6) is 11.5 Å². The normalized spacial score (nSPS) is 16.4. The van der Waals surface area contributed by atoms with Crippen LogP contribution in [0.1, 0.15) is 29.7 Å². The lowest BCUT2D eigenvalue weighted by Gasteiger charge is -2.23. The predicted molar refractivity (Wildman–Crippen MR) is 151 cm³/mol. The molecule has 2 heterocycles. The highest BCUT2D eigenvalue weighted by Crippen LogP contribution is 2.44. The van der Waals surface area contributed by atoms with E-state index in [0.29, 0.717) is 39.3 Å². The molecule has 11 heteroatoms. The number of amides is 1. The lowest BCUT2D eigenvalue weighted by molar-refractivity contribution is -0.132. The molecule has 0 spiro atoms. The van der Waals surface area contributed by atoms with E-state index in [0.717, 1.165) is 16.9 Å². The van der Waals surface area contributed by atoms with Crippen molar-refractivity contribution in [2.45, 2.75) is 23.1 Å². The van der Waals surface area contributed by atoms with Crippen LogP contribution in [0.4, 0.5) is 9.52 Å². The molecule has 5 rings (SSSR count). The summed E-state index contributed by atoms with van der Waals surface area (Å²) < 4.78 is 24.7. The molecular weight excluding hydrogens is 553 g/mol. The summed E-state index contributed by atoms with van der Waals surface area (Å²) in [4.78, 5) is 28.1. The number of hydrogen-bond donors (Lipinski definition) is 1. The highest BCUT2D eigenvalue weighted by molar-refractivity contribution is 8.00. The fourth-order valence-electron chi connectivity index (χ4n) is 4.27. The molecule has 1 N–H and O–H groups in total. The van der Waals surface area contributed by atoms with Crippen LogP contribution in [-0.2, 0) is 15.3 Å². The van der Waals surface area contributed by atoms with E-state index in [1.807, 2.05) is 6.92 Å². The van der Waals surface area contributed by atoms with Gasteiger partial charge in [-0.3, -0.25) is 14.5 Å². The van der Waals surface area contributed by atoms with Crippen molar-refractivity contribution in [3.05, 3.63) is 101 Å². The number of Topliss-reactive ketones (excluding diaryl/α,β-unsaturated/α-hetero) is 1. The Labute approximate surface area is 238 Å². The molecule has 0 bridgehead atoms. The van der Waals surface area contributed by atoms with Gasteiger partial charge in [0, 0.05) is 11.3 Å². The lowest BCUT2D eigenvalue weighted by atomic mass is 9.95. The number of nitrogens with zero attached hydrogens (tertiary/aromatic N) is 3. The number of aliphatic hydroxyl groups excluding tert-OH is 1. The summed E-state index contributed by atoms with van der Waals surface area (Å²) in [6, 6.07) is 18.8. The molecule has 0 aliphatic carbocycles. The molecule has 1 aliphatic heterocycles. The first-order valence-corrected chi connectivity index (χ1v) is 14.1. The fourth-order valence-corrected chi connectivity index (χ4v) is 6.10. The van der Waals surface area contributed by atoms with Crippen LogP contribution >= 0.6 is 23.1 Å². The number of thioether (sulfide) groups is 1.